The Kier molecular flexibility index (Phi) is 73.8. The number of carbonyl (C=O) groups excluding carboxylic acids is 2. The molecule has 0 saturated carbocycles. The monoisotopic (exact) mass is 1270 g/mol. The molecule has 9 nitrogen and oxygen atoms in total. The highest BCUT2D eigenvalue weighted by atomic mass is 31.2. The lowest BCUT2D eigenvalue weighted by Crippen LogP contribution is -2.29. The fraction of sp³-hybridized carbons (Fsp3) is 0.899. The molecule has 2 atom stereocenters. The Bertz CT molecular complexity index is 1550. The first kappa shape index (κ1) is 87.2. The lowest BCUT2D eigenvalue weighted by Gasteiger charge is -2.19. The summed E-state index contributed by atoms with van der Waals surface area (Å²) in [5, 5.41) is 0. The van der Waals surface area contributed by atoms with E-state index in [0.717, 1.165) is 38.5 Å². The van der Waals surface area contributed by atoms with Gasteiger partial charge in [0.15, 0.2) is 6.10 Å². The highest BCUT2D eigenvalue weighted by Crippen LogP contribution is 2.43. The molecule has 89 heavy (non-hydrogen) atoms. The van der Waals surface area contributed by atoms with E-state index in [1.54, 1.807) is 0 Å². The van der Waals surface area contributed by atoms with Gasteiger partial charge >= 0.3 is 19.8 Å². The summed E-state index contributed by atoms with van der Waals surface area (Å²) in [6.07, 6.45) is 95.7. The Morgan fingerprint density at radius 1 is 0.337 bits per heavy atom. The van der Waals surface area contributed by atoms with Crippen LogP contribution < -0.4 is 5.73 Å². The quantitative estimate of drug-likeness (QED) is 0.0264. The topological polar surface area (TPSA) is 134 Å². The minimum Gasteiger partial charge on any atom is -0.462 e. The van der Waals surface area contributed by atoms with Crippen LogP contribution in [0.3, 0.4) is 0 Å². The van der Waals surface area contributed by atoms with Crippen molar-refractivity contribution in [3.05, 3.63) is 36.5 Å². The van der Waals surface area contributed by atoms with Crippen molar-refractivity contribution in [1.82, 2.24) is 0 Å². The standard InChI is InChI=1S/C79H152NO8P/c1-3-5-7-9-11-13-15-17-19-21-23-25-27-29-31-33-34-35-36-37-38-39-40-41-42-44-45-47-49-51-53-55-57-59-61-63-65-67-69-71-78(81)85-75-77(76-87-89(83,84)86-74-73-80)88-79(82)72-70-68-66-64-62-60-58-56-54-52-50-48-46-43-32-30-28-26-24-22-20-18-16-14-12-10-8-6-4-2/h16,18,21-24,77H,3-15,17,19-20,25-76,80H2,1-2H3,(H,83,84)/b18-16-,23-21-,24-22-. The number of esters is 2. The van der Waals surface area contributed by atoms with Crippen LogP contribution in [0.5, 0.6) is 0 Å². The van der Waals surface area contributed by atoms with Gasteiger partial charge in [-0.1, -0.05) is 378 Å². The zero-order chi connectivity index (χ0) is 64.4. The van der Waals surface area contributed by atoms with Crippen LogP contribution in [-0.4, -0.2) is 49.3 Å². The number of nitrogens with two attached hydrogens (primary N) is 1. The minimum absolute atomic E-state index is 0.0562. The van der Waals surface area contributed by atoms with E-state index in [4.69, 9.17) is 24.3 Å². The summed E-state index contributed by atoms with van der Waals surface area (Å²) >= 11 is 0. The van der Waals surface area contributed by atoms with Crippen LogP contribution in [0.1, 0.15) is 425 Å². The van der Waals surface area contributed by atoms with Crippen LogP contribution in [0.25, 0.3) is 0 Å². The van der Waals surface area contributed by atoms with Crippen molar-refractivity contribution >= 4 is 19.8 Å². The van der Waals surface area contributed by atoms with Crippen molar-refractivity contribution < 1.29 is 37.6 Å². The molecule has 0 amide bonds. The summed E-state index contributed by atoms with van der Waals surface area (Å²) in [6.45, 7) is 3.82. The van der Waals surface area contributed by atoms with Gasteiger partial charge in [-0.15, -0.1) is 0 Å². The summed E-state index contributed by atoms with van der Waals surface area (Å²) in [5.74, 6) is -0.802. The fourth-order valence-corrected chi connectivity index (χ4v) is 12.9. The van der Waals surface area contributed by atoms with E-state index in [1.165, 1.54) is 353 Å². The van der Waals surface area contributed by atoms with Gasteiger partial charge in [-0.05, 0) is 70.6 Å². The summed E-state index contributed by atoms with van der Waals surface area (Å²) < 4.78 is 33.3. The Hall–Kier alpha value is -1.77. The van der Waals surface area contributed by atoms with Crippen molar-refractivity contribution in [2.45, 2.75) is 431 Å². The maximum atomic E-state index is 12.8. The SMILES string of the molecule is CCCCCCC/C=C\C/C=C\CCCCCCCCCCCCCCCCCCCC(=O)OC(COC(=O)CCCCCCCCCCCCCCCCCCCCCCCCCCCCC/C=C\CCCCCCCCCC)COP(=O)(O)OCCN. The summed E-state index contributed by atoms with van der Waals surface area (Å²) in [6, 6.07) is 0. The largest absolute Gasteiger partial charge is 0.472 e. The highest BCUT2D eigenvalue weighted by molar-refractivity contribution is 7.47. The molecule has 3 N–H and O–H groups in total. The van der Waals surface area contributed by atoms with E-state index in [9.17, 15) is 19.0 Å². The van der Waals surface area contributed by atoms with E-state index >= 15 is 0 Å². The van der Waals surface area contributed by atoms with Gasteiger partial charge < -0.3 is 20.1 Å². The van der Waals surface area contributed by atoms with Crippen LogP contribution >= 0.6 is 7.82 Å². The van der Waals surface area contributed by atoms with Crippen molar-refractivity contribution in [2.75, 3.05) is 26.4 Å². The second kappa shape index (κ2) is 75.3. The first-order valence-corrected chi connectivity index (χ1v) is 41.0. The second-order valence-corrected chi connectivity index (χ2v) is 28.4. The molecule has 526 valence electrons. The van der Waals surface area contributed by atoms with E-state index in [0.29, 0.717) is 6.42 Å². The Balaban J connectivity index is 3.74. The third kappa shape index (κ3) is 75.1. The Morgan fingerprint density at radius 3 is 0.865 bits per heavy atom. The fourth-order valence-electron chi connectivity index (χ4n) is 12.1. The second-order valence-electron chi connectivity index (χ2n) is 26.9. The van der Waals surface area contributed by atoms with Crippen LogP contribution in [0.4, 0.5) is 0 Å². The maximum Gasteiger partial charge on any atom is 0.472 e. The number of unbranched alkanes of at least 4 members (excludes halogenated alkanes) is 57. The van der Waals surface area contributed by atoms with Gasteiger partial charge in [0.05, 0.1) is 13.2 Å². The average Bonchev–Trinajstić information content (AvgIpc) is 3.68. The van der Waals surface area contributed by atoms with Gasteiger partial charge in [0, 0.05) is 19.4 Å². The van der Waals surface area contributed by atoms with Crippen LogP contribution in [0, 0.1) is 0 Å². The highest BCUT2D eigenvalue weighted by Gasteiger charge is 2.26. The van der Waals surface area contributed by atoms with Crippen molar-refractivity contribution in [3.8, 4) is 0 Å². The molecular formula is C79H152NO8P. The van der Waals surface area contributed by atoms with Crippen LogP contribution in [0.15, 0.2) is 36.5 Å². The van der Waals surface area contributed by atoms with Gasteiger partial charge in [-0.25, -0.2) is 4.57 Å². The molecule has 0 radical (unpaired) electrons. The summed E-state index contributed by atoms with van der Waals surface area (Å²) in [7, 11) is -4.39. The predicted molar refractivity (Wildman–Crippen MR) is 386 cm³/mol. The number of ether oxygens (including phenoxy) is 2. The third-order valence-corrected chi connectivity index (χ3v) is 19.0. The molecule has 0 spiro atoms. The van der Waals surface area contributed by atoms with E-state index in [1.807, 2.05) is 0 Å². The number of hydrogen-bond acceptors (Lipinski definition) is 8. The van der Waals surface area contributed by atoms with Gasteiger partial charge in [0.1, 0.15) is 6.61 Å². The number of phosphoric acid groups is 1. The minimum atomic E-state index is -4.39. The molecule has 0 rings (SSSR count). The van der Waals surface area contributed by atoms with Crippen LogP contribution in [-0.2, 0) is 32.7 Å². The first-order chi connectivity index (χ1) is 43.8. The molecule has 0 aliphatic heterocycles. The molecule has 2 unspecified atom stereocenters. The normalized spacial score (nSPS) is 13.0. The molecule has 0 aromatic heterocycles. The summed E-state index contributed by atoms with van der Waals surface area (Å²) in [5.41, 5.74) is 5.41. The van der Waals surface area contributed by atoms with Gasteiger partial charge in [-0.2, -0.15) is 0 Å². The molecule has 10 heteroatoms. The number of rotatable bonds is 76. The molecule has 0 aromatic rings. The smallest absolute Gasteiger partial charge is 0.462 e. The van der Waals surface area contributed by atoms with E-state index < -0.39 is 26.5 Å². The number of allylic oxidation sites excluding steroid dienone is 6. The third-order valence-electron chi connectivity index (χ3n) is 18.0. The van der Waals surface area contributed by atoms with E-state index in [-0.39, 0.29) is 38.6 Å². The lowest BCUT2D eigenvalue weighted by atomic mass is 10.0. The molecular weight excluding hydrogens is 1120 g/mol. The molecule has 0 aliphatic rings. The number of carbonyl (C=O) groups is 2. The Labute approximate surface area is 554 Å². The first-order valence-electron chi connectivity index (χ1n) is 39.5. The molecule has 0 aromatic carbocycles. The molecule has 0 bridgehead atoms. The van der Waals surface area contributed by atoms with Crippen molar-refractivity contribution in [2.24, 2.45) is 5.73 Å². The average molecular weight is 1280 g/mol. The van der Waals surface area contributed by atoms with Gasteiger partial charge in [0.25, 0.3) is 0 Å². The molecule has 0 heterocycles. The molecule has 0 saturated heterocycles. The molecule has 0 aliphatic carbocycles. The number of phosphoric ester groups is 1. The Morgan fingerprint density at radius 2 is 0.584 bits per heavy atom. The maximum absolute atomic E-state index is 12.8. The van der Waals surface area contributed by atoms with Gasteiger partial charge in [0.2, 0.25) is 0 Å². The zero-order valence-corrected chi connectivity index (χ0v) is 60.3. The van der Waals surface area contributed by atoms with E-state index in [2.05, 4.69) is 50.3 Å². The predicted octanol–water partition coefficient (Wildman–Crippen LogP) is 26.2. The van der Waals surface area contributed by atoms with Crippen molar-refractivity contribution in [3.63, 3.8) is 0 Å². The van der Waals surface area contributed by atoms with Crippen LogP contribution in [0.2, 0.25) is 0 Å². The summed E-state index contributed by atoms with van der Waals surface area (Å²) in [4.78, 5) is 35.4. The molecule has 0 fully saturated rings. The number of hydrogen-bond donors (Lipinski definition) is 2. The zero-order valence-electron chi connectivity index (χ0n) is 59.5. The lowest BCUT2D eigenvalue weighted by molar-refractivity contribution is -0.161. The van der Waals surface area contributed by atoms with Gasteiger partial charge in [-0.3, -0.25) is 18.6 Å². The van der Waals surface area contributed by atoms with Crippen molar-refractivity contribution in [1.29, 1.82) is 0 Å².